The van der Waals surface area contributed by atoms with E-state index in [1.54, 1.807) is 16.9 Å². The van der Waals surface area contributed by atoms with Gasteiger partial charge in [0.25, 0.3) is 0 Å². The van der Waals surface area contributed by atoms with Crippen LogP contribution in [0.25, 0.3) is 0 Å². The van der Waals surface area contributed by atoms with Crippen molar-refractivity contribution in [1.29, 1.82) is 0 Å². The van der Waals surface area contributed by atoms with Gasteiger partial charge in [-0.25, -0.2) is 4.79 Å². The van der Waals surface area contributed by atoms with Gasteiger partial charge in [-0.3, -0.25) is 4.68 Å². The molecule has 13 heavy (non-hydrogen) atoms. The lowest BCUT2D eigenvalue weighted by Gasteiger charge is -1.89. The molecule has 0 N–H and O–H groups in total. The monoisotopic (exact) mass is 178 g/mol. The van der Waals surface area contributed by atoms with E-state index in [4.69, 9.17) is 0 Å². The van der Waals surface area contributed by atoms with Gasteiger partial charge in [0.05, 0.1) is 7.11 Å². The van der Waals surface area contributed by atoms with Crippen LogP contribution >= 0.6 is 0 Å². The van der Waals surface area contributed by atoms with Gasteiger partial charge < -0.3 is 4.74 Å². The van der Waals surface area contributed by atoms with Crippen molar-refractivity contribution in [3.05, 3.63) is 18.0 Å². The zero-order valence-electron chi connectivity index (χ0n) is 7.57. The molecule has 1 heterocycles. The van der Waals surface area contributed by atoms with Gasteiger partial charge in [0.15, 0.2) is 0 Å². The maximum atomic E-state index is 10.6. The fraction of sp³-hybridized carbons (Fsp3) is 0.333. The number of hydrogen-bond acceptors (Lipinski definition) is 3. The Morgan fingerprint density at radius 1 is 1.77 bits per heavy atom. The lowest BCUT2D eigenvalue weighted by atomic mass is 10.4. The average molecular weight is 178 g/mol. The Labute approximate surface area is 76.5 Å². The van der Waals surface area contributed by atoms with Crippen LogP contribution in [0, 0.1) is 11.8 Å². The molecule has 1 aromatic rings. The van der Waals surface area contributed by atoms with Crippen LogP contribution in [0.1, 0.15) is 12.6 Å². The molecule has 0 saturated carbocycles. The van der Waals surface area contributed by atoms with Crippen LogP contribution in [0.15, 0.2) is 12.3 Å². The van der Waals surface area contributed by atoms with Gasteiger partial charge in [0.2, 0.25) is 0 Å². The first kappa shape index (κ1) is 9.33. The third kappa shape index (κ3) is 2.64. The first-order valence-corrected chi connectivity index (χ1v) is 3.89. The highest BCUT2D eigenvalue weighted by molar-refractivity contribution is 5.88. The van der Waals surface area contributed by atoms with Crippen molar-refractivity contribution in [1.82, 2.24) is 9.78 Å². The van der Waals surface area contributed by atoms with E-state index < -0.39 is 5.97 Å². The smallest absolute Gasteiger partial charge is 0.384 e. The van der Waals surface area contributed by atoms with Crippen LogP contribution < -0.4 is 0 Å². The van der Waals surface area contributed by atoms with Gasteiger partial charge in [0.1, 0.15) is 5.69 Å². The van der Waals surface area contributed by atoms with Gasteiger partial charge >= 0.3 is 5.97 Å². The van der Waals surface area contributed by atoms with E-state index in [0.29, 0.717) is 5.69 Å². The molecule has 0 radical (unpaired) electrons. The van der Waals surface area contributed by atoms with Crippen LogP contribution in [-0.2, 0) is 16.1 Å². The van der Waals surface area contributed by atoms with E-state index in [0.717, 1.165) is 6.54 Å². The highest BCUT2D eigenvalue weighted by Crippen LogP contribution is 1.92. The minimum Gasteiger partial charge on any atom is -0.459 e. The molecule has 0 aliphatic heterocycles. The molecular formula is C9H10N2O2. The SMILES string of the molecule is CCn1ccc(C#CC(=O)OC)n1. The summed E-state index contributed by atoms with van der Waals surface area (Å²) in [7, 11) is 1.29. The van der Waals surface area contributed by atoms with Crippen molar-refractivity contribution in [3.63, 3.8) is 0 Å². The van der Waals surface area contributed by atoms with Crippen molar-refractivity contribution in [2.45, 2.75) is 13.5 Å². The second-order valence-corrected chi connectivity index (χ2v) is 2.30. The number of aromatic nitrogens is 2. The van der Waals surface area contributed by atoms with Gasteiger partial charge in [-0.2, -0.15) is 5.10 Å². The molecule has 0 saturated heterocycles. The predicted octanol–water partition coefficient (Wildman–Crippen LogP) is 0.427. The molecule has 0 aliphatic carbocycles. The lowest BCUT2D eigenvalue weighted by molar-refractivity contribution is -0.133. The number of carbonyl (C=O) groups is 1. The average Bonchev–Trinajstić information content (AvgIpc) is 2.61. The second kappa shape index (κ2) is 4.31. The Bertz CT molecular complexity index is 357. The number of esters is 1. The molecule has 1 rings (SSSR count). The van der Waals surface area contributed by atoms with E-state index in [-0.39, 0.29) is 0 Å². The Hall–Kier alpha value is -1.76. The van der Waals surface area contributed by atoms with E-state index in [1.165, 1.54) is 7.11 Å². The van der Waals surface area contributed by atoms with Crippen LogP contribution in [0.3, 0.4) is 0 Å². The van der Waals surface area contributed by atoms with Crippen molar-refractivity contribution in [2.75, 3.05) is 7.11 Å². The summed E-state index contributed by atoms with van der Waals surface area (Å²) >= 11 is 0. The van der Waals surface area contributed by atoms with Crippen molar-refractivity contribution in [2.24, 2.45) is 0 Å². The molecule has 0 bridgehead atoms. The summed E-state index contributed by atoms with van der Waals surface area (Å²) < 4.78 is 6.10. The summed E-state index contributed by atoms with van der Waals surface area (Å²) in [4.78, 5) is 10.6. The molecule has 0 aliphatic rings. The summed E-state index contributed by atoms with van der Waals surface area (Å²) in [6.07, 6.45) is 1.81. The van der Waals surface area contributed by atoms with Gasteiger partial charge in [-0.15, -0.1) is 0 Å². The summed E-state index contributed by atoms with van der Waals surface area (Å²) in [5.74, 6) is 4.34. The van der Waals surface area contributed by atoms with E-state index in [9.17, 15) is 4.79 Å². The molecular weight excluding hydrogens is 168 g/mol. The number of rotatable bonds is 1. The topological polar surface area (TPSA) is 44.1 Å². The number of carbonyl (C=O) groups excluding carboxylic acids is 1. The fourth-order valence-corrected chi connectivity index (χ4v) is 0.771. The maximum absolute atomic E-state index is 10.6. The van der Waals surface area contributed by atoms with Crippen LogP contribution in [0.2, 0.25) is 0 Å². The van der Waals surface area contributed by atoms with Crippen molar-refractivity contribution < 1.29 is 9.53 Å². The van der Waals surface area contributed by atoms with Gasteiger partial charge in [-0.1, -0.05) is 0 Å². The number of methoxy groups -OCH3 is 1. The second-order valence-electron chi connectivity index (χ2n) is 2.30. The molecule has 0 unspecified atom stereocenters. The zero-order valence-corrected chi connectivity index (χ0v) is 7.57. The number of nitrogens with zero attached hydrogens (tertiary/aromatic N) is 2. The maximum Gasteiger partial charge on any atom is 0.384 e. The summed E-state index contributed by atoms with van der Waals surface area (Å²) in [5.41, 5.74) is 0.576. The summed E-state index contributed by atoms with van der Waals surface area (Å²) in [5, 5.41) is 4.07. The summed E-state index contributed by atoms with van der Waals surface area (Å²) in [6.45, 7) is 2.77. The fourth-order valence-electron chi connectivity index (χ4n) is 0.771. The minimum absolute atomic E-state index is 0.550. The standard InChI is InChI=1S/C9H10N2O2/c1-3-11-7-6-8(10-11)4-5-9(12)13-2/h6-7H,3H2,1-2H3. The van der Waals surface area contributed by atoms with Gasteiger partial charge in [0, 0.05) is 18.7 Å². The minimum atomic E-state index is -0.550. The quantitative estimate of drug-likeness (QED) is 0.462. The number of aryl methyl sites for hydroxylation is 1. The third-order valence-corrected chi connectivity index (χ3v) is 1.44. The van der Waals surface area contributed by atoms with Gasteiger partial charge in [-0.05, 0) is 18.9 Å². The van der Waals surface area contributed by atoms with E-state index >= 15 is 0 Å². The van der Waals surface area contributed by atoms with E-state index in [1.807, 2.05) is 6.92 Å². The Balaban J connectivity index is 2.72. The first-order valence-electron chi connectivity index (χ1n) is 3.89. The summed E-state index contributed by atoms with van der Waals surface area (Å²) in [6, 6.07) is 1.75. The molecule has 68 valence electrons. The molecule has 0 fully saturated rings. The Morgan fingerprint density at radius 2 is 2.54 bits per heavy atom. The van der Waals surface area contributed by atoms with Crippen LogP contribution in [0.5, 0.6) is 0 Å². The van der Waals surface area contributed by atoms with Crippen LogP contribution in [-0.4, -0.2) is 22.9 Å². The number of hydrogen-bond donors (Lipinski definition) is 0. The molecule has 4 nitrogen and oxygen atoms in total. The van der Waals surface area contributed by atoms with Crippen molar-refractivity contribution >= 4 is 5.97 Å². The molecule has 1 aromatic heterocycles. The predicted molar refractivity (Wildman–Crippen MR) is 46.8 cm³/mol. The Kier molecular flexibility index (Phi) is 3.09. The molecule has 0 amide bonds. The van der Waals surface area contributed by atoms with E-state index in [2.05, 4.69) is 21.7 Å². The molecule has 0 atom stereocenters. The highest BCUT2D eigenvalue weighted by atomic mass is 16.5. The van der Waals surface area contributed by atoms with Crippen molar-refractivity contribution in [3.8, 4) is 11.8 Å². The number of ether oxygens (including phenoxy) is 1. The normalized spacial score (nSPS) is 8.77. The lowest BCUT2D eigenvalue weighted by Crippen LogP contribution is -1.96. The van der Waals surface area contributed by atoms with Crippen LogP contribution in [0.4, 0.5) is 0 Å². The third-order valence-electron chi connectivity index (χ3n) is 1.44. The highest BCUT2D eigenvalue weighted by Gasteiger charge is 1.94. The first-order chi connectivity index (χ1) is 6.26. The molecule has 0 aromatic carbocycles. The Morgan fingerprint density at radius 3 is 3.08 bits per heavy atom. The zero-order chi connectivity index (χ0) is 9.68. The molecule has 0 spiro atoms. The molecule has 4 heteroatoms. The largest absolute Gasteiger partial charge is 0.459 e.